The van der Waals surface area contributed by atoms with Gasteiger partial charge in [-0.05, 0) is 76.4 Å². The maximum absolute atomic E-state index is 13.3. The normalized spacial score (nSPS) is 14.0. The number of nitriles is 1. The lowest BCUT2D eigenvalue weighted by Gasteiger charge is -2.27. The first-order valence-corrected chi connectivity index (χ1v) is 13.5. The van der Waals surface area contributed by atoms with Crippen LogP contribution < -0.4 is 24.7 Å². The van der Waals surface area contributed by atoms with E-state index < -0.39 is 11.9 Å². The summed E-state index contributed by atoms with van der Waals surface area (Å²) in [4.78, 5) is 12.7. The number of halogens is 2. The predicted octanol–water partition coefficient (Wildman–Crippen LogP) is 7.00. The molecule has 4 aromatic carbocycles. The van der Waals surface area contributed by atoms with E-state index in [-0.39, 0.29) is 29.6 Å². The molecule has 0 saturated carbocycles. The zero-order chi connectivity index (χ0) is 28.9. The molecular weight excluding hydrogens is 591 g/mol. The lowest BCUT2D eigenvalue weighted by Crippen LogP contribution is -2.21. The number of carbonyl (C=O) groups is 1. The van der Waals surface area contributed by atoms with Crippen molar-refractivity contribution < 1.29 is 28.1 Å². The Morgan fingerprint density at radius 3 is 2.54 bits per heavy atom. The van der Waals surface area contributed by atoms with Crippen molar-refractivity contribution in [3.05, 3.63) is 129 Å². The second-order valence-electron chi connectivity index (χ2n) is 9.05. The van der Waals surface area contributed by atoms with Crippen molar-refractivity contribution in [2.45, 2.75) is 19.4 Å². The number of fused-ring (bicyclic) bond motifs is 1. The Labute approximate surface area is 244 Å². The maximum atomic E-state index is 13.3. The summed E-state index contributed by atoms with van der Waals surface area (Å²) < 4.78 is 37.1. The van der Waals surface area contributed by atoms with Crippen molar-refractivity contribution in [1.29, 1.82) is 5.26 Å². The molecule has 1 atom stereocenters. The van der Waals surface area contributed by atoms with Gasteiger partial charge in [0.2, 0.25) is 5.88 Å². The quantitative estimate of drug-likeness (QED) is 0.168. The summed E-state index contributed by atoms with van der Waals surface area (Å²) >= 11 is 3.36. The molecule has 41 heavy (non-hydrogen) atoms. The molecule has 0 radical (unpaired) electrons. The summed E-state index contributed by atoms with van der Waals surface area (Å²) in [6.07, 6.45) is 0. The van der Waals surface area contributed by atoms with E-state index in [0.717, 1.165) is 11.1 Å². The van der Waals surface area contributed by atoms with Gasteiger partial charge in [-0.25, -0.2) is 9.18 Å². The van der Waals surface area contributed by atoms with Gasteiger partial charge in [-0.15, -0.1) is 0 Å². The number of hydrogen-bond acceptors (Lipinski definition) is 7. The number of allylic oxidation sites excluding steroid dienone is 1. The molecule has 2 N–H and O–H groups in total. The summed E-state index contributed by atoms with van der Waals surface area (Å²) in [6.45, 7) is 2.46. The van der Waals surface area contributed by atoms with Crippen molar-refractivity contribution in [3.8, 4) is 29.1 Å². The van der Waals surface area contributed by atoms with E-state index in [4.69, 9.17) is 24.7 Å². The van der Waals surface area contributed by atoms with Crippen LogP contribution in [0.4, 0.5) is 4.39 Å². The lowest BCUT2D eigenvalue weighted by atomic mass is 9.83. The zero-order valence-electron chi connectivity index (χ0n) is 21.9. The van der Waals surface area contributed by atoms with Crippen LogP contribution in [0.3, 0.4) is 0 Å². The van der Waals surface area contributed by atoms with Crippen LogP contribution >= 0.6 is 15.9 Å². The van der Waals surface area contributed by atoms with Gasteiger partial charge in [-0.3, -0.25) is 0 Å². The van der Waals surface area contributed by atoms with Gasteiger partial charge in [0.1, 0.15) is 35.6 Å². The molecule has 0 bridgehead atoms. The molecule has 0 saturated heterocycles. The Balaban J connectivity index is 1.45. The molecule has 0 fully saturated rings. The Bertz CT molecular complexity index is 1680. The second kappa shape index (κ2) is 12.1. The van der Waals surface area contributed by atoms with Crippen LogP contribution in [-0.2, 0) is 6.61 Å². The minimum absolute atomic E-state index is 0.0473. The van der Waals surface area contributed by atoms with Crippen molar-refractivity contribution in [2.75, 3.05) is 6.61 Å². The van der Waals surface area contributed by atoms with Gasteiger partial charge in [0, 0.05) is 16.1 Å². The summed E-state index contributed by atoms with van der Waals surface area (Å²) in [5.74, 6) is 0.126. The van der Waals surface area contributed by atoms with E-state index in [0.29, 0.717) is 39.5 Å². The molecule has 5 rings (SSSR count). The van der Waals surface area contributed by atoms with E-state index in [1.807, 2.05) is 13.0 Å². The first kappa shape index (κ1) is 27.7. The second-order valence-corrected chi connectivity index (χ2v) is 9.90. The number of nitrogens with two attached hydrogens (primary N) is 1. The van der Waals surface area contributed by atoms with E-state index in [1.54, 1.807) is 66.7 Å². The third-order valence-electron chi connectivity index (χ3n) is 6.40. The summed E-state index contributed by atoms with van der Waals surface area (Å²) in [5, 5.41) is 9.98. The van der Waals surface area contributed by atoms with Crippen LogP contribution in [0.15, 0.2) is 101 Å². The van der Waals surface area contributed by atoms with Crippen LogP contribution in [0.1, 0.15) is 39.9 Å². The number of hydrogen-bond donors (Lipinski definition) is 1. The van der Waals surface area contributed by atoms with Crippen LogP contribution in [0.25, 0.3) is 0 Å². The minimum atomic E-state index is -0.567. The highest BCUT2D eigenvalue weighted by atomic mass is 79.9. The topological polar surface area (TPSA) is 104 Å². The monoisotopic (exact) mass is 614 g/mol. The van der Waals surface area contributed by atoms with Gasteiger partial charge in [-0.1, -0.05) is 36.4 Å². The van der Waals surface area contributed by atoms with Gasteiger partial charge < -0.3 is 24.7 Å². The zero-order valence-corrected chi connectivity index (χ0v) is 23.5. The van der Waals surface area contributed by atoms with Crippen LogP contribution in [0.2, 0.25) is 0 Å². The van der Waals surface area contributed by atoms with Crippen molar-refractivity contribution in [1.82, 2.24) is 0 Å². The summed E-state index contributed by atoms with van der Waals surface area (Å²) in [7, 11) is 0. The molecule has 7 nitrogen and oxygen atoms in total. The number of esters is 1. The number of carbonyl (C=O) groups excluding carboxylic acids is 1. The largest absolute Gasteiger partial charge is 0.490 e. The Morgan fingerprint density at radius 1 is 1.02 bits per heavy atom. The molecule has 9 heteroatoms. The molecule has 1 heterocycles. The molecule has 206 valence electrons. The van der Waals surface area contributed by atoms with Gasteiger partial charge in [0.25, 0.3) is 0 Å². The van der Waals surface area contributed by atoms with Crippen molar-refractivity contribution >= 4 is 21.9 Å². The lowest BCUT2D eigenvalue weighted by molar-refractivity contribution is 0.0733. The third-order valence-corrected chi connectivity index (χ3v) is 7.09. The molecule has 1 aliphatic rings. The number of benzene rings is 4. The SMILES string of the molecule is CCOc1cc(C2C(C#N)=C(N)Oc3cc(OC(=O)c4ccccc4Br)ccc32)ccc1OCc1ccc(F)cc1. The van der Waals surface area contributed by atoms with Gasteiger partial charge in [0.15, 0.2) is 11.5 Å². The first-order chi connectivity index (χ1) is 19.9. The highest BCUT2D eigenvalue weighted by Gasteiger charge is 2.32. The fraction of sp³-hybridized carbons (Fsp3) is 0.125. The molecule has 0 aromatic heterocycles. The fourth-order valence-corrected chi connectivity index (χ4v) is 4.91. The van der Waals surface area contributed by atoms with E-state index in [2.05, 4.69) is 22.0 Å². The average molecular weight is 615 g/mol. The number of ether oxygens (including phenoxy) is 4. The molecule has 0 spiro atoms. The summed E-state index contributed by atoms with van der Waals surface area (Å²) in [5.41, 5.74) is 8.98. The fourth-order valence-electron chi connectivity index (χ4n) is 4.46. The highest BCUT2D eigenvalue weighted by Crippen LogP contribution is 2.45. The summed E-state index contributed by atoms with van der Waals surface area (Å²) in [6, 6.07) is 25.5. The molecular formula is C32H24BrFN2O5. The van der Waals surface area contributed by atoms with E-state index >= 15 is 0 Å². The number of nitrogens with zero attached hydrogens (tertiary/aromatic N) is 1. The van der Waals surface area contributed by atoms with Gasteiger partial charge >= 0.3 is 5.97 Å². The predicted molar refractivity (Wildman–Crippen MR) is 153 cm³/mol. The Morgan fingerprint density at radius 2 is 1.80 bits per heavy atom. The van der Waals surface area contributed by atoms with Crippen molar-refractivity contribution in [2.24, 2.45) is 5.73 Å². The molecule has 1 unspecified atom stereocenters. The Kier molecular flexibility index (Phi) is 8.22. The Hall–Kier alpha value is -4.81. The van der Waals surface area contributed by atoms with Crippen LogP contribution in [0.5, 0.6) is 23.0 Å². The minimum Gasteiger partial charge on any atom is -0.490 e. The number of rotatable bonds is 8. The van der Waals surface area contributed by atoms with Gasteiger partial charge in [-0.2, -0.15) is 5.26 Å². The molecule has 0 amide bonds. The smallest absolute Gasteiger partial charge is 0.344 e. The van der Waals surface area contributed by atoms with E-state index in [9.17, 15) is 14.4 Å². The molecule has 1 aliphatic heterocycles. The molecule has 0 aliphatic carbocycles. The maximum Gasteiger partial charge on any atom is 0.344 e. The average Bonchev–Trinajstić information content (AvgIpc) is 2.97. The van der Waals surface area contributed by atoms with Crippen LogP contribution in [-0.4, -0.2) is 12.6 Å². The van der Waals surface area contributed by atoms with E-state index in [1.165, 1.54) is 12.1 Å². The first-order valence-electron chi connectivity index (χ1n) is 12.7. The van der Waals surface area contributed by atoms with Gasteiger partial charge in [0.05, 0.1) is 18.1 Å². The third kappa shape index (κ3) is 6.03. The highest BCUT2D eigenvalue weighted by molar-refractivity contribution is 9.10. The molecule has 4 aromatic rings. The van der Waals surface area contributed by atoms with Crippen molar-refractivity contribution in [3.63, 3.8) is 0 Å². The van der Waals surface area contributed by atoms with Crippen LogP contribution in [0, 0.1) is 17.1 Å². The standard InChI is InChI=1S/C32H24BrFN2O5/c1-2-38-29-15-20(9-14-27(29)39-18-19-7-10-21(34)11-8-19)30-24-13-12-22(16-28(24)41-31(36)25(30)17-35)40-32(37)23-5-3-4-6-26(23)33/h3-16,30H,2,18,36H2,1H3.